The average Bonchev–Trinajstić information content (AvgIpc) is 3.15. The lowest BCUT2D eigenvalue weighted by atomic mass is 10.1. The van der Waals surface area contributed by atoms with Crippen molar-refractivity contribution in [3.63, 3.8) is 0 Å². The number of aryl methyl sites for hydroxylation is 1. The number of hydrogen-bond acceptors (Lipinski definition) is 5. The third-order valence-corrected chi connectivity index (χ3v) is 5.36. The van der Waals surface area contributed by atoms with Crippen molar-refractivity contribution in [3.8, 4) is 0 Å². The lowest BCUT2D eigenvalue weighted by Gasteiger charge is -2.33. The highest BCUT2D eigenvalue weighted by atomic mass is 32.1. The molecule has 0 unspecified atom stereocenters. The van der Waals surface area contributed by atoms with E-state index in [1.165, 1.54) is 0 Å². The molecule has 6 nitrogen and oxygen atoms in total. The Labute approximate surface area is 165 Å². The minimum absolute atomic E-state index is 0.201. The van der Waals surface area contributed by atoms with Crippen LogP contribution in [0.2, 0.25) is 0 Å². The molecule has 2 N–H and O–H groups in total. The van der Waals surface area contributed by atoms with Gasteiger partial charge in [-0.25, -0.2) is 9.97 Å². The number of aromatic nitrogens is 2. The fourth-order valence-corrected chi connectivity index (χ4v) is 3.77. The first-order valence-corrected chi connectivity index (χ1v) is 9.90. The van der Waals surface area contributed by atoms with Crippen molar-refractivity contribution in [3.05, 3.63) is 40.0 Å². The molecule has 3 heterocycles. The summed E-state index contributed by atoms with van der Waals surface area (Å²) in [4.78, 5) is 14.6. The van der Waals surface area contributed by atoms with Crippen molar-refractivity contribution in [1.29, 1.82) is 0 Å². The maximum absolute atomic E-state index is 12.6. The highest BCUT2D eigenvalue weighted by Gasteiger charge is 2.33. The van der Waals surface area contributed by atoms with Crippen LogP contribution < -0.4 is 15.5 Å². The summed E-state index contributed by atoms with van der Waals surface area (Å²) >= 11 is 0.984. The molecule has 0 saturated carbocycles. The Balaban J connectivity index is 1.47. The van der Waals surface area contributed by atoms with Gasteiger partial charge in [-0.3, -0.25) is 4.99 Å². The van der Waals surface area contributed by atoms with Crippen LogP contribution in [0, 0.1) is 6.92 Å². The van der Waals surface area contributed by atoms with E-state index in [4.69, 9.17) is 0 Å². The predicted molar refractivity (Wildman–Crippen MR) is 105 cm³/mol. The molecule has 152 valence electrons. The number of thiazole rings is 1. The van der Waals surface area contributed by atoms with E-state index in [2.05, 4.69) is 30.5 Å². The SMILES string of the molecule is CN=C(NCc1nc(C(F)(F)F)cs1)NC1CCN(c2cccc(C)n2)CC1. The van der Waals surface area contributed by atoms with Gasteiger partial charge in [0.2, 0.25) is 0 Å². The number of nitrogens with zero attached hydrogens (tertiary/aromatic N) is 4. The molecule has 0 spiro atoms. The second kappa shape index (κ2) is 8.76. The second-order valence-electron chi connectivity index (χ2n) is 6.59. The van der Waals surface area contributed by atoms with E-state index in [1.807, 2.05) is 25.1 Å². The molecule has 0 bridgehead atoms. The zero-order chi connectivity index (χ0) is 20.1. The first-order valence-electron chi connectivity index (χ1n) is 9.02. The van der Waals surface area contributed by atoms with Gasteiger partial charge in [-0.05, 0) is 31.9 Å². The molecule has 0 amide bonds. The van der Waals surface area contributed by atoms with Crippen LogP contribution in [-0.4, -0.2) is 42.1 Å². The Morgan fingerprint density at radius 2 is 2.04 bits per heavy atom. The van der Waals surface area contributed by atoms with Crippen molar-refractivity contribution in [2.75, 3.05) is 25.0 Å². The van der Waals surface area contributed by atoms with Gasteiger partial charge in [0.15, 0.2) is 11.7 Å². The van der Waals surface area contributed by atoms with Crippen LogP contribution in [0.4, 0.5) is 19.0 Å². The summed E-state index contributed by atoms with van der Waals surface area (Å²) < 4.78 is 37.9. The predicted octanol–water partition coefficient (Wildman–Crippen LogP) is 3.20. The first kappa shape index (κ1) is 20.4. The van der Waals surface area contributed by atoms with E-state index in [-0.39, 0.29) is 12.6 Å². The number of guanidine groups is 1. The zero-order valence-corrected chi connectivity index (χ0v) is 16.6. The fraction of sp³-hybridized carbons (Fsp3) is 0.500. The Bertz CT molecular complexity index is 812. The van der Waals surface area contributed by atoms with Crippen molar-refractivity contribution < 1.29 is 13.2 Å². The van der Waals surface area contributed by atoms with Gasteiger partial charge >= 0.3 is 6.18 Å². The molecule has 0 atom stereocenters. The number of rotatable bonds is 4. The Morgan fingerprint density at radius 3 is 2.64 bits per heavy atom. The number of hydrogen-bond donors (Lipinski definition) is 2. The smallest absolute Gasteiger partial charge is 0.356 e. The number of piperidine rings is 1. The summed E-state index contributed by atoms with van der Waals surface area (Å²) in [5.74, 6) is 1.56. The summed E-state index contributed by atoms with van der Waals surface area (Å²) in [6, 6.07) is 6.25. The maximum atomic E-state index is 12.6. The topological polar surface area (TPSA) is 65.4 Å². The second-order valence-corrected chi connectivity index (χ2v) is 7.54. The average molecular weight is 412 g/mol. The fourth-order valence-electron chi connectivity index (χ4n) is 3.03. The van der Waals surface area contributed by atoms with Gasteiger partial charge < -0.3 is 15.5 Å². The third-order valence-electron chi connectivity index (χ3n) is 4.51. The van der Waals surface area contributed by atoms with Gasteiger partial charge in [0.1, 0.15) is 10.8 Å². The van der Waals surface area contributed by atoms with E-state index in [1.54, 1.807) is 7.05 Å². The molecule has 0 aromatic carbocycles. The molecule has 3 rings (SSSR count). The summed E-state index contributed by atoms with van der Waals surface area (Å²) in [7, 11) is 1.64. The van der Waals surface area contributed by atoms with E-state index in [0.717, 1.165) is 54.2 Å². The third kappa shape index (κ3) is 5.34. The minimum atomic E-state index is -4.41. The standard InChI is InChI=1S/C18H23F3N6S/c1-12-4-3-5-15(24-12)27-8-6-13(7-9-27)25-17(22-2)23-10-16-26-14(11-28-16)18(19,20)21/h3-5,11,13H,6-10H2,1-2H3,(H2,22,23,25). The van der Waals surface area contributed by atoms with Crippen molar-refractivity contribution in [2.45, 2.75) is 38.5 Å². The number of pyridine rings is 1. The van der Waals surface area contributed by atoms with E-state index in [0.29, 0.717) is 11.0 Å². The van der Waals surface area contributed by atoms with Crippen LogP contribution in [0.5, 0.6) is 0 Å². The molecule has 1 aliphatic heterocycles. The van der Waals surface area contributed by atoms with Crippen molar-refractivity contribution >= 4 is 23.1 Å². The number of nitrogens with one attached hydrogen (secondary N) is 2. The number of halogens is 3. The lowest BCUT2D eigenvalue weighted by molar-refractivity contribution is -0.140. The lowest BCUT2D eigenvalue weighted by Crippen LogP contribution is -2.48. The highest BCUT2D eigenvalue weighted by Crippen LogP contribution is 2.29. The Hall–Kier alpha value is -2.36. The van der Waals surface area contributed by atoms with Crippen LogP contribution in [0.25, 0.3) is 0 Å². The molecule has 2 aromatic rings. The van der Waals surface area contributed by atoms with Gasteiger partial charge in [-0.15, -0.1) is 11.3 Å². The summed E-state index contributed by atoms with van der Waals surface area (Å²) in [5, 5.41) is 7.79. The zero-order valence-electron chi connectivity index (χ0n) is 15.8. The van der Waals surface area contributed by atoms with Crippen LogP contribution in [0.1, 0.15) is 29.2 Å². The number of aliphatic imine (C=N–C) groups is 1. The molecular formula is C18H23F3N6S. The summed E-state index contributed by atoms with van der Waals surface area (Å²) in [6.07, 6.45) is -2.56. The summed E-state index contributed by atoms with van der Waals surface area (Å²) in [6.45, 7) is 3.94. The largest absolute Gasteiger partial charge is 0.434 e. The molecule has 28 heavy (non-hydrogen) atoms. The Kier molecular flexibility index (Phi) is 6.38. The molecule has 10 heteroatoms. The van der Waals surface area contributed by atoms with Crippen LogP contribution >= 0.6 is 11.3 Å². The number of alkyl halides is 3. The van der Waals surface area contributed by atoms with Gasteiger partial charge in [0, 0.05) is 37.3 Å². The monoisotopic (exact) mass is 412 g/mol. The van der Waals surface area contributed by atoms with E-state index < -0.39 is 11.9 Å². The molecule has 0 aliphatic carbocycles. The highest BCUT2D eigenvalue weighted by molar-refractivity contribution is 7.09. The maximum Gasteiger partial charge on any atom is 0.434 e. The van der Waals surface area contributed by atoms with E-state index in [9.17, 15) is 13.2 Å². The molecule has 1 fully saturated rings. The van der Waals surface area contributed by atoms with E-state index >= 15 is 0 Å². The van der Waals surface area contributed by atoms with Gasteiger partial charge in [-0.2, -0.15) is 13.2 Å². The molecule has 2 aromatic heterocycles. The van der Waals surface area contributed by atoms with Crippen molar-refractivity contribution in [1.82, 2.24) is 20.6 Å². The summed E-state index contributed by atoms with van der Waals surface area (Å²) in [5.41, 5.74) is 0.146. The molecule has 1 saturated heterocycles. The molecule has 0 radical (unpaired) electrons. The quantitative estimate of drug-likeness (QED) is 0.596. The number of anilines is 1. The Morgan fingerprint density at radius 1 is 1.29 bits per heavy atom. The van der Waals surface area contributed by atoms with Gasteiger partial charge in [-0.1, -0.05) is 6.07 Å². The minimum Gasteiger partial charge on any atom is -0.356 e. The molecule has 1 aliphatic rings. The normalized spacial score (nSPS) is 16.3. The van der Waals surface area contributed by atoms with Gasteiger partial charge in [0.05, 0.1) is 6.54 Å². The van der Waals surface area contributed by atoms with Crippen LogP contribution in [-0.2, 0) is 12.7 Å². The van der Waals surface area contributed by atoms with Crippen LogP contribution in [0.3, 0.4) is 0 Å². The molecular weight excluding hydrogens is 389 g/mol. The van der Waals surface area contributed by atoms with Crippen LogP contribution in [0.15, 0.2) is 28.6 Å². The van der Waals surface area contributed by atoms with Gasteiger partial charge in [0.25, 0.3) is 0 Å². The van der Waals surface area contributed by atoms with Crippen molar-refractivity contribution in [2.24, 2.45) is 4.99 Å². The first-order chi connectivity index (χ1) is 13.3.